The van der Waals surface area contributed by atoms with Crippen molar-refractivity contribution in [1.29, 1.82) is 0 Å². The summed E-state index contributed by atoms with van der Waals surface area (Å²) in [5.74, 6) is -0.797. The van der Waals surface area contributed by atoms with Gasteiger partial charge in [-0.15, -0.1) is 0 Å². The summed E-state index contributed by atoms with van der Waals surface area (Å²) in [5, 5.41) is 14.7. The molecule has 0 saturated carbocycles. The highest BCUT2D eigenvalue weighted by Gasteiger charge is 2.43. The van der Waals surface area contributed by atoms with Gasteiger partial charge in [0, 0.05) is 36.3 Å². The van der Waals surface area contributed by atoms with Crippen LogP contribution < -0.4 is 0 Å². The number of fused-ring (bicyclic) bond motifs is 1. The minimum absolute atomic E-state index is 0.0817. The van der Waals surface area contributed by atoms with Gasteiger partial charge >= 0.3 is 5.97 Å². The molecule has 3 atom stereocenters. The minimum atomic E-state index is -1.00. The molecule has 172 valence electrons. The van der Waals surface area contributed by atoms with Crippen LogP contribution in [0.3, 0.4) is 0 Å². The van der Waals surface area contributed by atoms with Gasteiger partial charge in [-0.2, -0.15) is 5.10 Å². The number of carboxylic acid groups (broad SMARTS) is 1. The smallest absolute Gasteiger partial charge is 0.326 e. The van der Waals surface area contributed by atoms with E-state index in [1.807, 2.05) is 39.8 Å². The van der Waals surface area contributed by atoms with Gasteiger partial charge in [-0.3, -0.25) is 14.3 Å². The van der Waals surface area contributed by atoms with Crippen molar-refractivity contribution in [2.24, 2.45) is 5.92 Å². The molecule has 0 aliphatic carbocycles. The Kier molecular flexibility index (Phi) is 5.73. The summed E-state index contributed by atoms with van der Waals surface area (Å²) in [5.41, 5.74) is 3.45. The molecule has 33 heavy (non-hydrogen) atoms. The maximum Gasteiger partial charge on any atom is 0.326 e. The number of carbonyl (C=O) groups is 3. The first-order valence-corrected chi connectivity index (χ1v) is 10.9. The van der Waals surface area contributed by atoms with Crippen LogP contribution in [0.25, 0.3) is 22.0 Å². The molecule has 1 aromatic carbocycles. The van der Waals surface area contributed by atoms with Crippen molar-refractivity contribution < 1.29 is 19.5 Å². The SMILES string of the molecule is CC(=O)c1nn(CC(=O)N2[C@H](C)[C@@H](C)C[C@H]2C(=O)O)c2c(C)cc(-c3cnc(C)nc3)cc12. The number of Topliss-reactive ketones (excluding diaryl/α,β-unsaturated/α-hetero) is 1. The lowest BCUT2D eigenvalue weighted by Crippen LogP contribution is -2.46. The number of carbonyl (C=O) groups excluding carboxylic acids is 2. The number of ketones is 1. The predicted molar refractivity (Wildman–Crippen MR) is 122 cm³/mol. The normalized spacial score (nSPS) is 20.4. The van der Waals surface area contributed by atoms with E-state index in [0.717, 1.165) is 16.7 Å². The number of nitrogens with zero attached hydrogens (tertiary/aromatic N) is 5. The Morgan fingerprint density at radius 3 is 2.36 bits per heavy atom. The summed E-state index contributed by atoms with van der Waals surface area (Å²) in [7, 11) is 0. The van der Waals surface area contributed by atoms with E-state index in [1.165, 1.54) is 16.5 Å². The van der Waals surface area contributed by atoms with Gasteiger partial charge in [-0.1, -0.05) is 6.92 Å². The Balaban J connectivity index is 1.77. The molecule has 1 aliphatic heterocycles. The average Bonchev–Trinajstić information content (AvgIpc) is 3.26. The summed E-state index contributed by atoms with van der Waals surface area (Å²) in [6.07, 6.45) is 3.88. The van der Waals surface area contributed by atoms with Gasteiger partial charge < -0.3 is 10.0 Å². The van der Waals surface area contributed by atoms with Gasteiger partial charge in [0.1, 0.15) is 24.1 Å². The molecular weight excluding hydrogens is 422 g/mol. The third-order valence-corrected chi connectivity index (χ3v) is 6.53. The summed E-state index contributed by atoms with van der Waals surface area (Å²) in [4.78, 5) is 47.3. The molecule has 3 heterocycles. The van der Waals surface area contributed by atoms with Crippen molar-refractivity contribution >= 4 is 28.6 Å². The van der Waals surface area contributed by atoms with Crippen LogP contribution >= 0.6 is 0 Å². The Morgan fingerprint density at radius 2 is 1.76 bits per heavy atom. The van der Waals surface area contributed by atoms with Crippen LogP contribution in [-0.4, -0.2) is 59.5 Å². The van der Waals surface area contributed by atoms with Crippen LogP contribution in [0.2, 0.25) is 0 Å². The zero-order valence-corrected chi connectivity index (χ0v) is 19.4. The minimum Gasteiger partial charge on any atom is -0.480 e. The molecule has 9 nitrogen and oxygen atoms in total. The molecule has 0 unspecified atom stereocenters. The number of rotatable bonds is 5. The number of aliphatic carboxylic acids is 1. The molecular formula is C24H27N5O4. The van der Waals surface area contributed by atoms with E-state index in [9.17, 15) is 19.5 Å². The van der Waals surface area contributed by atoms with Crippen molar-refractivity contribution in [2.45, 2.75) is 59.7 Å². The molecule has 1 amide bonds. The number of aromatic nitrogens is 4. The van der Waals surface area contributed by atoms with E-state index in [4.69, 9.17) is 0 Å². The van der Waals surface area contributed by atoms with E-state index >= 15 is 0 Å². The molecule has 4 rings (SSSR count). The Hall–Kier alpha value is -3.62. The second-order valence-corrected chi connectivity index (χ2v) is 8.88. The van der Waals surface area contributed by atoms with Gasteiger partial charge in [-0.05, 0) is 56.4 Å². The molecule has 0 bridgehead atoms. The molecule has 1 saturated heterocycles. The maximum absolute atomic E-state index is 13.2. The highest BCUT2D eigenvalue weighted by atomic mass is 16.4. The summed E-state index contributed by atoms with van der Waals surface area (Å²) < 4.78 is 1.52. The number of likely N-dealkylation sites (tertiary alicyclic amines) is 1. The van der Waals surface area contributed by atoms with E-state index < -0.39 is 12.0 Å². The number of hydrogen-bond donors (Lipinski definition) is 1. The molecule has 1 N–H and O–H groups in total. The summed E-state index contributed by atoms with van der Waals surface area (Å²) in [6, 6.07) is 2.76. The standard InChI is InChI=1S/C24H27N5O4/c1-12-7-20(24(32)33)29(14(12)3)21(31)11-28-23-13(2)6-17(18-9-25-16(5)26-10-18)8-19(23)22(27-28)15(4)30/h6,8-10,12,14,20H,7,11H2,1-5H3,(H,32,33)/t12-,14+,20-/m0/s1. The number of benzene rings is 1. The van der Waals surface area contributed by atoms with Crippen LogP contribution in [-0.2, 0) is 16.1 Å². The zero-order valence-electron chi connectivity index (χ0n) is 19.4. The third-order valence-electron chi connectivity index (χ3n) is 6.53. The molecule has 2 aromatic heterocycles. The Bertz CT molecular complexity index is 1260. The Labute approximate surface area is 191 Å². The van der Waals surface area contributed by atoms with Gasteiger partial charge in [0.05, 0.1) is 5.52 Å². The van der Waals surface area contributed by atoms with Crippen molar-refractivity contribution in [3.63, 3.8) is 0 Å². The summed E-state index contributed by atoms with van der Waals surface area (Å²) >= 11 is 0. The van der Waals surface area contributed by atoms with Crippen molar-refractivity contribution in [3.8, 4) is 11.1 Å². The van der Waals surface area contributed by atoms with Gasteiger partial charge in [0.15, 0.2) is 5.78 Å². The van der Waals surface area contributed by atoms with Crippen LogP contribution in [0.1, 0.15) is 49.1 Å². The number of carboxylic acids is 1. The number of aryl methyl sites for hydroxylation is 2. The second-order valence-electron chi connectivity index (χ2n) is 8.88. The number of amides is 1. The lowest BCUT2D eigenvalue weighted by Gasteiger charge is -2.27. The molecule has 0 spiro atoms. The highest BCUT2D eigenvalue weighted by Crippen LogP contribution is 2.32. The second kappa shape index (κ2) is 8.38. The topological polar surface area (TPSA) is 118 Å². The first-order chi connectivity index (χ1) is 15.6. The van der Waals surface area contributed by atoms with E-state index in [1.54, 1.807) is 12.4 Å². The highest BCUT2D eigenvalue weighted by molar-refractivity contribution is 6.07. The lowest BCUT2D eigenvalue weighted by atomic mass is 10.0. The fourth-order valence-corrected chi connectivity index (χ4v) is 4.66. The van der Waals surface area contributed by atoms with Crippen LogP contribution in [0, 0.1) is 19.8 Å². The monoisotopic (exact) mass is 449 g/mol. The quantitative estimate of drug-likeness (QED) is 0.595. The van der Waals surface area contributed by atoms with Gasteiger partial charge in [-0.25, -0.2) is 14.8 Å². The third kappa shape index (κ3) is 3.99. The first kappa shape index (κ1) is 22.6. The average molecular weight is 450 g/mol. The zero-order chi connectivity index (χ0) is 24.0. The fraction of sp³-hybridized carbons (Fsp3) is 0.417. The van der Waals surface area contributed by atoms with Crippen LogP contribution in [0.15, 0.2) is 24.5 Å². The predicted octanol–water partition coefficient (Wildman–Crippen LogP) is 3.02. The molecule has 9 heteroatoms. The largest absolute Gasteiger partial charge is 0.480 e. The van der Waals surface area contributed by atoms with Gasteiger partial charge in [0.2, 0.25) is 5.91 Å². The van der Waals surface area contributed by atoms with Crippen molar-refractivity contribution in [3.05, 3.63) is 41.6 Å². The van der Waals surface area contributed by atoms with Crippen molar-refractivity contribution in [1.82, 2.24) is 24.6 Å². The van der Waals surface area contributed by atoms with Crippen molar-refractivity contribution in [2.75, 3.05) is 0 Å². The van der Waals surface area contributed by atoms with E-state index in [0.29, 0.717) is 23.1 Å². The summed E-state index contributed by atoms with van der Waals surface area (Å²) in [6.45, 7) is 8.83. The number of hydrogen-bond acceptors (Lipinski definition) is 6. The molecule has 1 fully saturated rings. The lowest BCUT2D eigenvalue weighted by molar-refractivity contribution is -0.149. The molecule has 1 aliphatic rings. The molecule has 0 radical (unpaired) electrons. The van der Waals surface area contributed by atoms with E-state index in [-0.39, 0.29) is 35.9 Å². The Morgan fingerprint density at radius 1 is 1.09 bits per heavy atom. The van der Waals surface area contributed by atoms with Crippen LogP contribution in [0.4, 0.5) is 0 Å². The van der Waals surface area contributed by atoms with Gasteiger partial charge in [0.25, 0.3) is 0 Å². The van der Waals surface area contributed by atoms with E-state index in [2.05, 4.69) is 15.1 Å². The molecule has 3 aromatic rings. The maximum atomic E-state index is 13.2. The fourth-order valence-electron chi connectivity index (χ4n) is 4.66. The first-order valence-electron chi connectivity index (χ1n) is 10.9. The van der Waals surface area contributed by atoms with Crippen LogP contribution in [0.5, 0.6) is 0 Å².